The molecule has 18 heavy (non-hydrogen) atoms. The van der Waals surface area contributed by atoms with E-state index in [1.165, 1.54) is 11.9 Å². The summed E-state index contributed by atoms with van der Waals surface area (Å²) in [5.41, 5.74) is 0.755. The van der Waals surface area contributed by atoms with Crippen LogP contribution >= 0.6 is 0 Å². The second-order valence-electron chi connectivity index (χ2n) is 4.06. The van der Waals surface area contributed by atoms with E-state index in [0.29, 0.717) is 18.1 Å². The van der Waals surface area contributed by atoms with Gasteiger partial charge in [0.2, 0.25) is 0 Å². The average molecular weight is 263 g/mol. The van der Waals surface area contributed by atoms with Crippen molar-refractivity contribution in [2.75, 3.05) is 18.5 Å². The normalized spacial score (nSPS) is 13.5. The number of alkyl halides is 3. The largest absolute Gasteiger partial charge is 0.416 e. The molecular weight excluding hydrogens is 247 g/mol. The molecule has 0 saturated heterocycles. The van der Waals surface area contributed by atoms with Gasteiger partial charge in [0, 0.05) is 18.8 Å². The minimum atomic E-state index is -4.62. The Morgan fingerprint density at radius 3 is 2.50 bits per heavy atom. The van der Waals surface area contributed by atoms with E-state index < -0.39 is 18.8 Å². The van der Waals surface area contributed by atoms with Crippen molar-refractivity contribution in [2.45, 2.75) is 32.5 Å². The Bertz CT molecular complexity index is 409. The molecule has 0 spiro atoms. The fourth-order valence-corrected chi connectivity index (χ4v) is 1.45. The van der Waals surface area contributed by atoms with Gasteiger partial charge in [0.15, 0.2) is 6.10 Å². The summed E-state index contributed by atoms with van der Waals surface area (Å²) in [4.78, 5) is 9.46. The molecule has 4 nitrogen and oxygen atoms in total. The molecule has 0 bridgehead atoms. The van der Waals surface area contributed by atoms with Crippen molar-refractivity contribution in [3.63, 3.8) is 0 Å². The summed E-state index contributed by atoms with van der Waals surface area (Å²) in [5, 5.41) is 9.00. The van der Waals surface area contributed by atoms with Gasteiger partial charge < -0.3 is 10.0 Å². The first kappa shape index (κ1) is 14.7. The third kappa shape index (κ3) is 3.83. The second-order valence-corrected chi connectivity index (χ2v) is 4.06. The number of aromatic nitrogens is 2. The summed E-state index contributed by atoms with van der Waals surface area (Å²) in [6.07, 6.45) is -6.33. The number of halogens is 3. The molecule has 0 fully saturated rings. The number of likely N-dealkylation sites (N-methyl/N-ethyl adjacent to an activating group) is 1. The van der Waals surface area contributed by atoms with E-state index in [1.807, 2.05) is 6.92 Å². The van der Waals surface area contributed by atoms with Gasteiger partial charge in [-0.3, -0.25) is 0 Å². The third-order valence-electron chi connectivity index (χ3n) is 2.46. The maximum atomic E-state index is 12.2. The molecule has 1 atom stereocenters. The van der Waals surface area contributed by atoms with Crippen LogP contribution in [0.3, 0.4) is 0 Å². The molecule has 1 aromatic rings. The fraction of sp³-hybridized carbons (Fsp3) is 0.636. The van der Waals surface area contributed by atoms with Crippen LogP contribution in [0.15, 0.2) is 6.07 Å². The molecule has 0 aromatic carbocycles. The van der Waals surface area contributed by atoms with Crippen LogP contribution < -0.4 is 4.90 Å². The molecule has 0 amide bonds. The number of nitrogens with zero attached hydrogens (tertiary/aromatic N) is 3. The number of anilines is 1. The zero-order valence-corrected chi connectivity index (χ0v) is 10.5. The maximum absolute atomic E-state index is 12.2. The fourth-order valence-electron chi connectivity index (χ4n) is 1.45. The summed E-state index contributed by atoms with van der Waals surface area (Å²) in [5.74, 6) is 0.875. The Balaban J connectivity index is 2.84. The minimum Gasteiger partial charge on any atom is -0.382 e. The van der Waals surface area contributed by atoms with Crippen LogP contribution in [0, 0.1) is 6.92 Å². The summed E-state index contributed by atoms with van der Waals surface area (Å²) in [6.45, 7) is 3.02. The van der Waals surface area contributed by atoms with Gasteiger partial charge in [0.1, 0.15) is 11.6 Å². The highest BCUT2D eigenvalue weighted by Crippen LogP contribution is 2.22. The van der Waals surface area contributed by atoms with Gasteiger partial charge in [0.25, 0.3) is 0 Å². The zero-order valence-electron chi connectivity index (χ0n) is 10.5. The summed E-state index contributed by atoms with van der Waals surface area (Å²) in [6, 6.07) is 1.62. The van der Waals surface area contributed by atoms with Crippen LogP contribution in [-0.2, 0) is 6.42 Å². The van der Waals surface area contributed by atoms with Crippen molar-refractivity contribution in [1.29, 1.82) is 0 Å². The average Bonchev–Trinajstić information content (AvgIpc) is 2.26. The molecule has 102 valence electrons. The number of aliphatic hydroxyl groups excluding tert-OH is 1. The highest BCUT2D eigenvalue weighted by Gasteiger charge is 2.38. The lowest BCUT2D eigenvalue weighted by Gasteiger charge is -2.23. The predicted octanol–water partition coefficient (Wildman–Crippen LogP) is 1.71. The van der Waals surface area contributed by atoms with E-state index in [1.54, 1.807) is 13.0 Å². The first-order valence-corrected chi connectivity index (χ1v) is 5.54. The van der Waals surface area contributed by atoms with Crippen molar-refractivity contribution in [3.05, 3.63) is 17.6 Å². The van der Waals surface area contributed by atoms with E-state index in [9.17, 15) is 13.2 Å². The molecule has 1 unspecified atom stereocenters. The van der Waals surface area contributed by atoms with Crippen LogP contribution in [-0.4, -0.2) is 40.9 Å². The number of aryl methyl sites for hydroxylation is 2. The van der Waals surface area contributed by atoms with E-state index in [4.69, 9.17) is 5.11 Å². The van der Waals surface area contributed by atoms with Crippen molar-refractivity contribution in [1.82, 2.24) is 9.97 Å². The van der Waals surface area contributed by atoms with E-state index in [-0.39, 0.29) is 0 Å². The highest BCUT2D eigenvalue weighted by atomic mass is 19.4. The highest BCUT2D eigenvalue weighted by molar-refractivity contribution is 5.39. The second kappa shape index (κ2) is 5.51. The first-order valence-electron chi connectivity index (χ1n) is 5.54. The third-order valence-corrected chi connectivity index (χ3v) is 2.46. The molecule has 0 saturated carbocycles. The van der Waals surface area contributed by atoms with Gasteiger partial charge in [-0.15, -0.1) is 0 Å². The minimum absolute atomic E-state index is 0.377. The smallest absolute Gasteiger partial charge is 0.382 e. The summed E-state index contributed by atoms with van der Waals surface area (Å²) < 4.78 is 36.7. The molecule has 0 aliphatic rings. The zero-order chi connectivity index (χ0) is 13.9. The maximum Gasteiger partial charge on any atom is 0.416 e. The lowest BCUT2D eigenvalue weighted by Crippen LogP contribution is -2.39. The molecule has 1 N–H and O–H groups in total. The van der Waals surface area contributed by atoms with Crippen LogP contribution in [0.4, 0.5) is 19.0 Å². The summed E-state index contributed by atoms with van der Waals surface area (Å²) >= 11 is 0. The van der Waals surface area contributed by atoms with E-state index in [2.05, 4.69) is 9.97 Å². The Hall–Kier alpha value is -1.37. The van der Waals surface area contributed by atoms with Crippen molar-refractivity contribution < 1.29 is 18.3 Å². The number of aliphatic hydroxyl groups is 1. The SMILES string of the molecule is CCc1cc(N(C)CC(O)C(F)(F)F)nc(C)n1. The number of hydrogen-bond donors (Lipinski definition) is 1. The standard InChI is InChI=1S/C11H16F3N3O/c1-4-8-5-10(16-7(2)15-8)17(3)6-9(18)11(12,13)14/h5,9,18H,4,6H2,1-3H3. The van der Waals surface area contributed by atoms with Crippen LogP contribution in [0.5, 0.6) is 0 Å². The number of hydrogen-bond acceptors (Lipinski definition) is 4. The molecule has 1 rings (SSSR count). The molecule has 1 heterocycles. The predicted molar refractivity (Wildman–Crippen MR) is 61.5 cm³/mol. The van der Waals surface area contributed by atoms with Crippen molar-refractivity contribution >= 4 is 5.82 Å². The molecule has 0 aliphatic carbocycles. The summed E-state index contributed by atoms with van der Waals surface area (Å²) in [7, 11) is 1.45. The monoisotopic (exact) mass is 263 g/mol. The van der Waals surface area contributed by atoms with E-state index >= 15 is 0 Å². The van der Waals surface area contributed by atoms with Gasteiger partial charge in [-0.25, -0.2) is 9.97 Å². The van der Waals surface area contributed by atoms with Gasteiger partial charge in [0.05, 0.1) is 6.54 Å². The van der Waals surface area contributed by atoms with E-state index in [0.717, 1.165) is 5.69 Å². The lowest BCUT2D eigenvalue weighted by molar-refractivity contribution is -0.200. The molecule has 0 aliphatic heterocycles. The quantitative estimate of drug-likeness (QED) is 0.898. The van der Waals surface area contributed by atoms with Gasteiger partial charge >= 0.3 is 6.18 Å². The molecule has 0 radical (unpaired) electrons. The van der Waals surface area contributed by atoms with Gasteiger partial charge in [-0.1, -0.05) is 6.92 Å². The van der Waals surface area contributed by atoms with Gasteiger partial charge in [-0.05, 0) is 13.3 Å². The van der Waals surface area contributed by atoms with Crippen molar-refractivity contribution in [3.8, 4) is 0 Å². The number of rotatable bonds is 4. The van der Waals surface area contributed by atoms with Crippen LogP contribution in [0.1, 0.15) is 18.4 Å². The van der Waals surface area contributed by atoms with Crippen molar-refractivity contribution in [2.24, 2.45) is 0 Å². The molecule has 7 heteroatoms. The van der Waals surface area contributed by atoms with Crippen LogP contribution in [0.2, 0.25) is 0 Å². The topological polar surface area (TPSA) is 49.2 Å². The Morgan fingerprint density at radius 1 is 1.39 bits per heavy atom. The Kier molecular flexibility index (Phi) is 4.50. The molecule has 1 aromatic heterocycles. The first-order chi connectivity index (χ1) is 8.24. The Labute approximate surface area is 103 Å². The molecular formula is C11H16F3N3O. The lowest BCUT2D eigenvalue weighted by atomic mass is 10.3. The van der Waals surface area contributed by atoms with Crippen LogP contribution in [0.25, 0.3) is 0 Å². The Morgan fingerprint density at radius 2 is 2.00 bits per heavy atom. The van der Waals surface area contributed by atoms with Gasteiger partial charge in [-0.2, -0.15) is 13.2 Å².